The molecule has 0 saturated heterocycles. The molecule has 1 heterocycles. The summed E-state index contributed by atoms with van der Waals surface area (Å²) in [7, 11) is 0. The molecule has 0 atom stereocenters. The van der Waals surface area contributed by atoms with E-state index < -0.39 is 12.8 Å². The molecule has 1 rings (SSSR count). The van der Waals surface area contributed by atoms with E-state index in [1.165, 1.54) is 5.38 Å². The lowest BCUT2D eigenvalue weighted by atomic mass is 10.5. The third-order valence-corrected chi connectivity index (χ3v) is 2.02. The Balaban J connectivity index is 2.35. The van der Waals surface area contributed by atoms with Gasteiger partial charge in [-0.1, -0.05) is 0 Å². The van der Waals surface area contributed by atoms with Crippen LogP contribution >= 0.6 is 11.3 Å². The van der Waals surface area contributed by atoms with Crippen LogP contribution in [-0.2, 0) is 11.3 Å². The molecule has 14 heavy (non-hydrogen) atoms. The highest BCUT2D eigenvalue weighted by Crippen LogP contribution is 2.16. The Labute approximate surface area is 81.5 Å². The Kier molecular flexibility index (Phi) is 3.59. The summed E-state index contributed by atoms with van der Waals surface area (Å²) in [5.74, 6) is 0. The fraction of sp³-hybridized carbons (Fsp3) is 0.429. The maximum Gasteiger partial charge on any atom is 0.411 e. The minimum absolute atomic E-state index is 0.209. The van der Waals surface area contributed by atoms with Gasteiger partial charge in [-0.25, -0.2) is 4.98 Å². The first-order valence-electron chi connectivity index (χ1n) is 3.55. The van der Waals surface area contributed by atoms with Crippen molar-refractivity contribution >= 4 is 17.6 Å². The number of alkyl halides is 3. The number of carbonyl (C=O) groups excluding carboxylic acids is 1. The topological polar surface area (TPSA) is 39.2 Å². The molecule has 0 aliphatic carbocycles. The monoisotopic (exact) mass is 225 g/mol. The molecule has 0 aliphatic rings. The minimum Gasteiger partial charge on any atom is -0.365 e. The zero-order valence-electron chi connectivity index (χ0n) is 6.87. The average Bonchev–Trinajstić information content (AvgIpc) is 2.50. The van der Waals surface area contributed by atoms with Gasteiger partial charge in [0.25, 0.3) is 0 Å². The molecule has 7 heteroatoms. The molecule has 78 valence electrons. The molecule has 1 aromatic rings. The maximum absolute atomic E-state index is 11.6. The van der Waals surface area contributed by atoms with Gasteiger partial charge in [-0.15, -0.1) is 11.3 Å². The molecule has 0 bridgehead atoms. The number of halogens is 3. The van der Waals surface area contributed by atoms with Crippen LogP contribution in [0.25, 0.3) is 0 Å². The van der Waals surface area contributed by atoms with Crippen molar-refractivity contribution in [3.63, 3.8) is 0 Å². The molecule has 0 spiro atoms. The van der Waals surface area contributed by atoms with E-state index in [1.54, 1.807) is 0 Å². The van der Waals surface area contributed by atoms with Crippen LogP contribution in [0.15, 0.2) is 5.38 Å². The molecule has 0 amide bonds. The summed E-state index contributed by atoms with van der Waals surface area (Å²) in [6.45, 7) is -1.53. The predicted octanol–water partition coefficient (Wildman–Crippen LogP) is 2.03. The summed E-state index contributed by atoms with van der Waals surface area (Å²) in [5.41, 5.74) is 0.209. The van der Waals surface area contributed by atoms with Crippen molar-refractivity contribution in [1.29, 1.82) is 0 Å². The number of thiazole rings is 1. The van der Waals surface area contributed by atoms with Crippen LogP contribution < -0.4 is 0 Å². The van der Waals surface area contributed by atoms with Crippen LogP contribution in [0.4, 0.5) is 13.2 Å². The van der Waals surface area contributed by atoms with Gasteiger partial charge in [0, 0.05) is 5.38 Å². The zero-order chi connectivity index (χ0) is 10.6. The van der Waals surface area contributed by atoms with Gasteiger partial charge in [0.2, 0.25) is 0 Å². The average molecular weight is 225 g/mol. The Morgan fingerprint density at radius 3 is 2.79 bits per heavy atom. The van der Waals surface area contributed by atoms with Gasteiger partial charge >= 0.3 is 6.18 Å². The van der Waals surface area contributed by atoms with Crippen LogP contribution in [0, 0.1) is 0 Å². The Morgan fingerprint density at radius 2 is 2.29 bits per heavy atom. The molecular formula is C7H6F3NO2S. The van der Waals surface area contributed by atoms with Crippen LogP contribution in [0.1, 0.15) is 15.5 Å². The lowest BCUT2D eigenvalue weighted by Gasteiger charge is -2.05. The van der Waals surface area contributed by atoms with Crippen LogP contribution in [-0.4, -0.2) is 24.1 Å². The standard InChI is InChI=1S/C7H6F3NO2S/c8-7(9,10)4-13-2-6-11-5(1-12)3-14-6/h1,3H,2,4H2. The fourth-order valence-corrected chi connectivity index (χ4v) is 1.37. The zero-order valence-corrected chi connectivity index (χ0v) is 7.69. The van der Waals surface area contributed by atoms with Crippen LogP contribution in [0.3, 0.4) is 0 Å². The molecule has 0 fully saturated rings. The highest BCUT2D eigenvalue weighted by atomic mass is 32.1. The number of rotatable bonds is 4. The van der Waals surface area contributed by atoms with E-state index >= 15 is 0 Å². The summed E-state index contributed by atoms with van der Waals surface area (Å²) in [6.07, 6.45) is -3.80. The van der Waals surface area contributed by atoms with Crippen molar-refractivity contribution in [2.45, 2.75) is 12.8 Å². The Hall–Kier alpha value is -0.950. The molecule has 0 aliphatic heterocycles. The van der Waals surface area contributed by atoms with Crippen molar-refractivity contribution in [1.82, 2.24) is 4.98 Å². The summed E-state index contributed by atoms with van der Waals surface area (Å²) in [6, 6.07) is 0. The Bertz CT molecular complexity index is 310. The maximum atomic E-state index is 11.6. The van der Waals surface area contributed by atoms with Crippen molar-refractivity contribution < 1.29 is 22.7 Å². The van der Waals surface area contributed by atoms with E-state index in [-0.39, 0.29) is 12.3 Å². The second-order valence-electron chi connectivity index (χ2n) is 2.39. The van der Waals surface area contributed by atoms with Gasteiger partial charge in [0.15, 0.2) is 6.29 Å². The van der Waals surface area contributed by atoms with Gasteiger partial charge in [-0.05, 0) is 0 Å². The van der Waals surface area contributed by atoms with E-state index in [2.05, 4.69) is 9.72 Å². The number of aromatic nitrogens is 1. The lowest BCUT2D eigenvalue weighted by Crippen LogP contribution is -2.16. The number of ether oxygens (including phenoxy) is 1. The van der Waals surface area contributed by atoms with E-state index in [1.807, 2.05) is 0 Å². The van der Waals surface area contributed by atoms with Gasteiger partial charge in [0.1, 0.15) is 17.3 Å². The lowest BCUT2D eigenvalue weighted by molar-refractivity contribution is -0.176. The summed E-state index contributed by atoms with van der Waals surface area (Å²) in [4.78, 5) is 13.9. The molecule has 3 nitrogen and oxygen atoms in total. The second-order valence-corrected chi connectivity index (χ2v) is 3.33. The fourth-order valence-electron chi connectivity index (χ4n) is 0.700. The molecule has 0 aromatic carbocycles. The highest BCUT2D eigenvalue weighted by molar-refractivity contribution is 7.09. The van der Waals surface area contributed by atoms with E-state index in [0.717, 1.165) is 11.3 Å². The number of aldehydes is 1. The number of carbonyl (C=O) groups is 1. The highest BCUT2D eigenvalue weighted by Gasteiger charge is 2.27. The third-order valence-electron chi connectivity index (χ3n) is 1.18. The molecule has 1 aromatic heterocycles. The van der Waals surface area contributed by atoms with E-state index in [0.29, 0.717) is 11.3 Å². The number of nitrogens with zero attached hydrogens (tertiary/aromatic N) is 1. The van der Waals surface area contributed by atoms with Crippen molar-refractivity contribution in [2.24, 2.45) is 0 Å². The van der Waals surface area contributed by atoms with E-state index in [4.69, 9.17) is 0 Å². The SMILES string of the molecule is O=Cc1csc(COCC(F)(F)F)n1. The number of hydrogen-bond acceptors (Lipinski definition) is 4. The molecular weight excluding hydrogens is 219 g/mol. The predicted molar refractivity (Wildman–Crippen MR) is 43.2 cm³/mol. The van der Waals surface area contributed by atoms with Gasteiger partial charge in [-0.2, -0.15) is 13.2 Å². The quantitative estimate of drug-likeness (QED) is 0.736. The number of hydrogen-bond donors (Lipinski definition) is 0. The van der Waals surface area contributed by atoms with Crippen LogP contribution in [0.2, 0.25) is 0 Å². The first-order chi connectivity index (χ1) is 6.51. The molecule has 0 unspecified atom stereocenters. The first-order valence-corrected chi connectivity index (χ1v) is 4.43. The summed E-state index contributed by atoms with van der Waals surface area (Å²) < 4.78 is 39.2. The van der Waals surface area contributed by atoms with Crippen molar-refractivity contribution in [3.8, 4) is 0 Å². The largest absolute Gasteiger partial charge is 0.411 e. The van der Waals surface area contributed by atoms with E-state index in [9.17, 15) is 18.0 Å². The van der Waals surface area contributed by atoms with Gasteiger partial charge in [-0.3, -0.25) is 4.79 Å². The normalized spacial score (nSPS) is 11.6. The van der Waals surface area contributed by atoms with Gasteiger partial charge in [0.05, 0.1) is 6.61 Å². The smallest absolute Gasteiger partial charge is 0.365 e. The third kappa shape index (κ3) is 3.84. The Morgan fingerprint density at radius 1 is 1.57 bits per heavy atom. The van der Waals surface area contributed by atoms with Crippen LogP contribution in [0.5, 0.6) is 0 Å². The second kappa shape index (κ2) is 4.52. The first kappa shape index (κ1) is 11.1. The van der Waals surface area contributed by atoms with Crippen molar-refractivity contribution in [2.75, 3.05) is 6.61 Å². The summed E-state index contributed by atoms with van der Waals surface area (Å²) in [5, 5.41) is 1.82. The molecule has 0 N–H and O–H groups in total. The summed E-state index contributed by atoms with van der Waals surface area (Å²) >= 11 is 1.09. The molecule has 0 saturated carbocycles. The minimum atomic E-state index is -4.33. The molecule has 0 radical (unpaired) electrons. The van der Waals surface area contributed by atoms with Crippen molar-refractivity contribution in [3.05, 3.63) is 16.1 Å². The van der Waals surface area contributed by atoms with Gasteiger partial charge < -0.3 is 4.74 Å².